The second-order valence-corrected chi connectivity index (χ2v) is 5.80. The van der Waals surface area contributed by atoms with E-state index in [1.165, 1.54) is 6.26 Å². The Hall–Kier alpha value is -2.54. The van der Waals surface area contributed by atoms with Crippen LogP contribution in [0.4, 0.5) is 0 Å². The lowest BCUT2D eigenvalue weighted by Gasteiger charge is -2.20. The van der Waals surface area contributed by atoms with Crippen molar-refractivity contribution in [3.05, 3.63) is 47.3 Å². The van der Waals surface area contributed by atoms with E-state index in [1.807, 2.05) is 6.92 Å². The maximum absolute atomic E-state index is 12.7. The van der Waals surface area contributed by atoms with Gasteiger partial charge < -0.3 is 18.3 Å². The molecule has 0 saturated heterocycles. The largest absolute Gasteiger partial charge is 0.459 e. The van der Waals surface area contributed by atoms with E-state index >= 15 is 0 Å². The van der Waals surface area contributed by atoms with E-state index in [2.05, 4.69) is 10.2 Å². The molecule has 0 aromatic carbocycles. The van der Waals surface area contributed by atoms with E-state index in [-0.39, 0.29) is 12.5 Å². The average molecular weight is 349 g/mol. The number of carbonyl (C=O) groups is 1. The minimum atomic E-state index is -0.135. The third kappa shape index (κ3) is 3.35. The zero-order valence-corrected chi connectivity index (χ0v) is 14.2. The summed E-state index contributed by atoms with van der Waals surface area (Å²) >= 11 is 5.97. The topological polar surface area (TPSA) is 77.3 Å². The molecule has 0 saturated carbocycles. The number of carbonyl (C=O) groups excluding carboxylic acids is 1. The monoisotopic (exact) mass is 348 g/mol. The Morgan fingerprint density at radius 3 is 2.88 bits per heavy atom. The number of halogens is 1. The number of aromatic nitrogens is 3. The van der Waals surface area contributed by atoms with Gasteiger partial charge in [0.2, 0.25) is 5.89 Å². The molecule has 0 bridgehead atoms. The quantitative estimate of drug-likeness (QED) is 0.682. The van der Waals surface area contributed by atoms with Gasteiger partial charge in [0.25, 0.3) is 11.8 Å². The first kappa shape index (κ1) is 16.3. The standard InChI is InChI=1S/C16H17ClN4O3/c1-3-6-21(16(22)12-8-11(17)9-20(12)2)10-14-18-19-15(24-14)13-5-4-7-23-13/h4-5,7-9H,3,6,10H2,1-2H3. The van der Waals surface area contributed by atoms with Gasteiger partial charge in [0.05, 0.1) is 17.8 Å². The summed E-state index contributed by atoms with van der Waals surface area (Å²) in [7, 11) is 1.78. The molecule has 3 heterocycles. The Labute approximate surface area is 143 Å². The van der Waals surface area contributed by atoms with Crippen molar-refractivity contribution in [1.82, 2.24) is 19.7 Å². The van der Waals surface area contributed by atoms with Crippen LogP contribution in [0.5, 0.6) is 0 Å². The molecule has 0 unspecified atom stereocenters. The summed E-state index contributed by atoms with van der Waals surface area (Å²) in [5, 5.41) is 8.47. The Morgan fingerprint density at radius 1 is 1.42 bits per heavy atom. The number of furan rings is 1. The summed E-state index contributed by atoms with van der Waals surface area (Å²) < 4.78 is 12.5. The Morgan fingerprint density at radius 2 is 2.25 bits per heavy atom. The van der Waals surface area contributed by atoms with Crippen LogP contribution >= 0.6 is 11.6 Å². The fourth-order valence-corrected chi connectivity index (χ4v) is 2.65. The van der Waals surface area contributed by atoms with E-state index < -0.39 is 0 Å². The molecule has 0 aliphatic carbocycles. The van der Waals surface area contributed by atoms with Crippen molar-refractivity contribution in [2.45, 2.75) is 19.9 Å². The van der Waals surface area contributed by atoms with Crippen molar-refractivity contribution in [3.8, 4) is 11.7 Å². The maximum atomic E-state index is 12.7. The lowest BCUT2D eigenvalue weighted by atomic mass is 10.3. The lowest BCUT2D eigenvalue weighted by molar-refractivity contribution is 0.0719. The summed E-state index contributed by atoms with van der Waals surface area (Å²) in [5.41, 5.74) is 0.513. The van der Waals surface area contributed by atoms with E-state index in [0.717, 1.165) is 6.42 Å². The van der Waals surface area contributed by atoms with Gasteiger partial charge in [-0.25, -0.2) is 0 Å². The zero-order valence-electron chi connectivity index (χ0n) is 13.4. The van der Waals surface area contributed by atoms with Crippen molar-refractivity contribution >= 4 is 17.5 Å². The molecule has 0 aliphatic heterocycles. The van der Waals surface area contributed by atoms with Gasteiger partial charge in [-0.2, -0.15) is 0 Å². The van der Waals surface area contributed by atoms with Crippen LogP contribution < -0.4 is 0 Å². The molecule has 0 radical (unpaired) electrons. The van der Waals surface area contributed by atoms with Gasteiger partial charge in [-0.15, -0.1) is 10.2 Å². The minimum Gasteiger partial charge on any atom is -0.459 e. The molecular formula is C16H17ClN4O3. The molecule has 3 rings (SSSR count). The highest BCUT2D eigenvalue weighted by molar-refractivity contribution is 6.31. The molecule has 3 aromatic heterocycles. The number of rotatable bonds is 6. The SMILES string of the molecule is CCCN(Cc1nnc(-c2ccco2)o1)C(=O)c1cc(Cl)cn1C. The predicted molar refractivity (Wildman–Crippen MR) is 87.5 cm³/mol. The van der Waals surface area contributed by atoms with Crippen LogP contribution in [0.15, 0.2) is 39.5 Å². The molecule has 0 N–H and O–H groups in total. The summed E-state index contributed by atoms with van der Waals surface area (Å²) in [6, 6.07) is 5.12. The van der Waals surface area contributed by atoms with Crippen LogP contribution in [0.25, 0.3) is 11.7 Å². The molecule has 7 nitrogen and oxygen atoms in total. The second kappa shape index (κ2) is 6.92. The second-order valence-electron chi connectivity index (χ2n) is 5.36. The molecule has 3 aromatic rings. The first-order chi connectivity index (χ1) is 11.6. The highest BCUT2D eigenvalue weighted by Gasteiger charge is 2.21. The van der Waals surface area contributed by atoms with Gasteiger partial charge >= 0.3 is 0 Å². The van der Waals surface area contributed by atoms with Crippen LogP contribution in [-0.4, -0.2) is 32.1 Å². The van der Waals surface area contributed by atoms with Crippen LogP contribution in [0.3, 0.4) is 0 Å². The summed E-state index contributed by atoms with van der Waals surface area (Å²) in [5.74, 6) is 1.00. The fourth-order valence-electron chi connectivity index (χ4n) is 2.40. The maximum Gasteiger partial charge on any atom is 0.283 e. The Balaban J connectivity index is 1.79. The Bertz CT molecular complexity index is 822. The predicted octanol–water partition coefficient (Wildman–Crippen LogP) is 3.37. The zero-order chi connectivity index (χ0) is 17.1. The highest BCUT2D eigenvalue weighted by Crippen LogP contribution is 2.20. The molecule has 0 spiro atoms. The van der Waals surface area contributed by atoms with Gasteiger partial charge in [0, 0.05) is 19.8 Å². The van der Waals surface area contributed by atoms with Gasteiger partial charge in [-0.3, -0.25) is 4.79 Å². The van der Waals surface area contributed by atoms with E-state index in [0.29, 0.717) is 34.8 Å². The van der Waals surface area contributed by atoms with Crippen molar-refractivity contribution in [2.24, 2.45) is 7.05 Å². The van der Waals surface area contributed by atoms with Crippen LogP contribution in [-0.2, 0) is 13.6 Å². The van der Waals surface area contributed by atoms with Gasteiger partial charge in [0.1, 0.15) is 5.69 Å². The minimum absolute atomic E-state index is 0.135. The fraction of sp³-hybridized carbons (Fsp3) is 0.312. The highest BCUT2D eigenvalue weighted by atomic mass is 35.5. The van der Waals surface area contributed by atoms with E-state index in [1.54, 1.807) is 40.9 Å². The lowest BCUT2D eigenvalue weighted by Crippen LogP contribution is -2.32. The third-order valence-electron chi connectivity index (χ3n) is 3.50. The molecule has 0 atom stereocenters. The smallest absolute Gasteiger partial charge is 0.283 e. The van der Waals surface area contributed by atoms with Crippen molar-refractivity contribution in [2.75, 3.05) is 6.54 Å². The van der Waals surface area contributed by atoms with Crippen molar-refractivity contribution in [1.29, 1.82) is 0 Å². The van der Waals surface area contributed by atoms with Crippen molar-refractivity contribution in [3.63, 3.8) is 0 Å². The molecule has 8 heteroatoms. The Kier molecular flexibility index (Phi) is 4.71. The first-order valence-corrected chi connectivity index (χ1v) is 7.93. The molecule has 126 valence electrons. The molecule has 1 amide bonds. The molecule has 24 heavy (non-hydrogen) atoms. The molecule has 0 aliphatic rings. The van der Waals surface area contributed by atoms with Crippen LogP contribution in [0, 0.1) is 0 Å². The number of aryl methyl sites for hydroxylation is 1. The number of amides is 1. The third-order valence-corrected chi connectivity index (χ3v) is 3.70. The summed E-state index contributed by atoms with van der Waals surface area (Å²) in [4.78, 5) is 14.4. The number of nitrogens with zero attached hydrogens (tertiary/aromatic N) is 4. The normalized spacial score (nSPS) is 11.0. The van der Waals surface area contributed by atoms with E-state index in [9.17, 15) is 4.79 Å². The van der Waals surface area contributed by atoms with Crippen LogP contribution in [0.2, 0.25) is 5.02 Å². The van der Waals surface area contributed by atoms with Crippen LogP contribution in [0.1, 0.15) is 29.7 Å². The van der Waals surface area contributed by atoms with Gasteiger partial charge in [-0.1, -0.05) is 18.5 Å². The summed E-state index contributed by atoms with van der Waals surface area (Å²) in [6.45, 7) is 2.80. The number of hydrogen-bond acceptors (Lipinski definition) is 5. The van der Waals surface area contributed by atoms with Gasteiger partial charge in [-0.05, 0) is 24.6 Å². The average Bonchev–Trinajstić information content (AvgIpc) is 3.27. The number of hydrogen-bond donors (Lipinski definition) is 0. The van der Waals surface area contributed by atoms with Gasteiger partial charge in [0.15, 0.2) is 5.76 Å². The van der Waals surface area contributed by atoms with E-state index in [4.69, 9.17) is 20.4 Å². The summed E-state index contributed by atoms with van der Waals surface area (Å²) in [6.07, 6.45) is 4.04. The van der Waals surface area contributed by atoms with Crippen molar-refractivity contribution < 1.29 is 13.6 Å². The first-order valence-electron chi connectivity index (χ1n) is 7.56. The molecular weight excluding hydrogens is 332 g/mol. The molecule has 0 fully saturated rings.